The van der Waals surface area contributed by atoms with E-state index in [9.17, 15) is 13.9 Å². The lowest BCUT2D eigenvalue weighted by Gasteiger charge is -2.33. The van der Waals surface area contributed by atoms with Gasteiger partial charge in [0, 0.05) is 17.5 Å². The Balaban J connectivity index is 3.09. The zero-order chi connectivity index (χ0) is 14.6. The Kier molecular flexibility index (Phi) is 5.88. The number of benzene rings is 1. The molecule has 0 aliphatic rings. The average Bonchev–Trinajstić information content (AvgIpc) is 2.37. The van der Waals surface area contributed by atoms with Gasteiger partial charge >= 0.3 is 0 Å². The molecule has 0 radical (unpaired) electrons. The van der Waals surface area contributed by atoms with E-state index in [4.69, 9.17) is 0 Å². The number of halogens is 2. The van der Waals surface area contributed by atoms with Crippen molar-refractivity contribution in [2.24, 2.45) is 5.92 Å². The van der Waals surface area contributed by atoms with Crippen LogP contribution in [0.3, 0.4) is 0 Å². The van der Waals surface area contributed by atoms with Crippen molar-refractivity contribution in [3.8, 4) is 0 Å². The molecule has 0 saturated carbocycles. The van der Waals surface area contributed by atoms with Gasteiger partial charge in [-0.3, -0.25) is 0 Å². The molecule has 19 heavy (non-hydrogen) atoms. The fraction of sp³-hybridized carbons (Fsp3) is 0.600. The molecule has 0 spiro atoms. The zero-order valence-electron chi connectivity index (χ0n) is 12.0. The number of hydrogen-bond acceptors (Lipinski definition) is 2. The third kappa shape index (κ3) is 3.98. The number of aliphatic hydroxyl groups is 1. The van der Waals surface area contributed by atoms with Gasteiger partial charge in [-0.15, -0.1) is 0 Å². The van der Waals surface area contributed by atoms with E-state index in [2.05, 4.69) is 0 Å². The van der Waals surface area contributed by atoms with Crippen molar-refractivity contribution in [2.75, 3.05) is 14.1 Å². The summed E-state index contributed by atoms with van der Waals surface area (Å²) in [4.78, 5) is 1.97. The minimum Gasteiger partial charge on any atom is -0.393 e. The van der Waals surface area contributed by atoms with Gasteiger partial charge in [0.05, 0.1) is 6.10 Å². The van der Waals surface area contributed by atoms with Crippen LogP contribution in [-0.2, 0) is 0 Å². The second-order valence-corrected chi connectivity index (χ2v) is 5.21. The summed E-state index contributed by atoms with van der Waals surface area (Å²) >= 11 is 0. The predicted molar refractivity (Wildman–Crippen MR) is 73.3 cm³/mol. The molecule has 2 nitrogen and oxygen atoms in total. The summed E-state index contributed by atoms with van der Waals surface area (Å²) in [6.07, 6.45) is -2.25. The van der Waals surface area contributed by atoms with Gasteiger partial charge in [0.15, 0.2) is 0 Å². The maximum absolute atomic E-state index is 12.8. The monoisotopic (exact) mass is 271 g/mol. The summed E-state index contributed by atoms with van der Waals surface area (Å²) in [5.41, 5.74) is 0.852. The van der Waals surface area contributed by atoms with E-state index in [-0.39, 0.29) is 17.5 Å². The average molecular weight is 271 g/mol. The Morgan fingerprint density at radius 2 is 1.79 bits per heavy atom. The van der Waals surface area contributed by atoms with Crippen molar-refractivity contribution in [1.29, 1.82) is 0 Å². The largest absolute Gasteiger partial charge is 0.393 e. The second-order valence-electron chi connectivity index (χ2n) is 5.21. The molecule has 108 valence electrons. The SMILES string of the molecule is CCC(O)C(C)C(c1cccc(C(F)F)c1)N(C)C. The number of alkyl halides is 2. The van der Waals surface area contributed by atoms with Gasteiger partial charge < -0.3 is 10.0 Å². The third-order valence-electron chi connectivity index (χ3n) is 3.58. The first-order chi connectivity index (χ1) is 8.88. The highest BCUT2D eigenvalue weighted by molar-refractivity contribution is 5.27. The lowest BCUT2D eigenvalue weighted by Crippen LogP contribution is -2.32. The number of hydrogen-bond donors (Lipinski definition) is 1. The van der Waals surface area contributed by atoms with Crippen LogP contribution in [0, 0.1) is 5.92 Å². The van der Waals surface area contributed by atoms with Gasteiger partial charge in [-0.25, -0.2) is 8.78 Å². The molecule has 1 aromatic rings. The highest BCUT2D eigenvalue weighted by Gasteiger charge is 2.27. The van der Waals surface area contributed by atoms with Gasteiger partial charge in [-0.2, -0.15) is 0 Å². The fourth-order valence-electron chi connectivity index (χ4n) is 2.53. The van der Waals surface area contributed by atoms with E-state index in [1.807, 2.05) is 38.9 Å². The number of rotatable bonds is 6. The molecule has 1 rings (SSSR count). The fourth-order valence-corrected chi connectivity index (χ4v) is 2.53. The Labute approximate surface area is 114 Å². The van der Waals surface area contributed by atoms with Crippen LogP contribution in [-0.4, -0.2) is 30.2 Å². The van der Waals surface area contributed by atoms with E-state index >= 15 is 0 Å². The quantitative estimate of drug-likeness (QED) is 0.854. The summed E-state index contributed by atoms with van der Waals surface area (Å²) in [6.45, 7) is 3.87. The second kappa shape index (κ2) is 6.96. The van der Waals surface area contributed by atoms with Crippen molar-refractivity contribution >= 4 is 0 Å². The molecular weight excluding hydrogens is 248 g/mol. The van der Waals surface area contributed by atoms with E-state index in [0.29, 0.717) is 6.42 Å². The third-order valence-corrected chi connectivity index (χ3v) is 3.58. The van der Waals surface area contributed by atoms with Crippen LogP contribution in [0.1, 0.15) is 43.9 Å². The highest BCUT2D eigenvalue weighted by Crippen LogP contribution is 2.32. The van der Waals surface area contributed by atoms with Crippen molar-refractivity contribution in [3.05, 3.63) is 35.4 Å². The number of nitrogens with zero attached hydrogens (tertiary/aromatic N) is 1. The molecule has 0 aromatic heterocycles. The maximum atomic E-state index is 12.8. The molecule has 0 aliphatic heterocycles. The van der Waals surface area contributed by atoms with Crippen LogP contribution in [0.15, 0.2) is 24.3 Å². The van der Waals surface area contributed by atoms with Gasteiger partial charge in [0.2, 0.25) is 0 Å². The summed E-state index contributed by atoms with van der Waals surface area (Å²) < 4.78 is 25.5. The Morgan fingerprint density at radius 3 is 2.26 bits per heavy atom. The van der Waals surface area contributed by atoms with Crippen molar-refractivity contribution < 1.29 is 13.9 Å². The van der Waals surface area contributed by atoms with Crippen LogP contribution >= 0.6 is 0 Å². The maximum Gasteiger partial charge on any atom is 0.263 e. The first kappa shape index (κ1) is 16.1. The number of aliphatic hydroxyl groups excluding tert-OH is 1. The van der Waals surface area contributed by atoms with Crippen LogP contribution < -0.4 is 0 Å². The van der Waals surface area contributed by atoms with Gasteiger partial charge in [0.1, 0.15) is 0 Å². The van der Waals surface area contributed by atoms with Crippen LogP contribution in [0.25, 0.3) is 0 Å². The minimum absolute atomic E-state index is 0.0204. The first-order valence-corrected chi connectivity index (χ1v) is 6.61. The molecule has 3 unspecified atom stereocenters. The summed E-state index contributed by atoms with van der Waals surface area (Å²) in [5, 5.41) is 10.0. The lowest BCUT2D eigenvalue weighted by atomic mass is 9.87. The summed E-state index contributed by atoms with van der Waals surface area (Å²) in [5.74, 6) is -0.0204. The zero-order valence-corrected chi connectivity index (χ0v) is 12.0. The first-order valence-electron chi connectivity index (χ1n) is 6.61. The molecule has 0 aliphatic carbocycles. The van der Waals surface area contributed by atoms with E-state index in [1.54, 1.807) is 6.07 Å². The van der Waals surface area contributed by atoms with Gasteiger partial charge in [-0.1, -0.05) is 32.0 Å². The normalized spacial score (nSPS) is 16.7. The molecule has 0 bridgehead atoms. The van der Waals surface area contributed by atoms with Crippen molar-refractivity contribution in [2.45, 2.75) is 38.8 Å². The van der Waals surface area contributed by atoms with Gasteiger partial charge in [0.25, 0.3) is 6.43 Å². The molecular formula is C15H23F2NO. The minimum atomic E-state index is -2.46. The summed E-state index contributed by atoms with van der Waals surface area (Å²) in [6, 6.07) is 6.39. The van der Waals surface area contributed by atoms with Crippen molar-refractivity contribution in [1.82, 2.24) is 4.90 Å². The molecule has 1 N–H and O–H groups in total. The standard InChI is InChI=1S/C15H23F2NO/c1-5-13(19)10(2)14(18(3)4)11-7-6-8-12(9-11)15(16)17/h6-10,13-15,19H,5H2,1-4H3. The van der Waals surface area contributed by atoms with Crippen LogP contribution in [0.2, 0.25) is 0 Å². The molecule has 0 fully saturated rings. The molecule has 1 aromatic carbocycles. The summed E-state index contributed by atoms with van der Waals surface area (Å²) in [7, 11) is 3.80. The predicted octanol–water partition coefficient (Wildman–Crippen LogP) is 3.63. The van der Waals surface area contributed by atoms with Crippen LogP contribution in [0.4, 0.5) is 8.78 Å². The smallest absolute Gasteiger partial charge is 0.263 e. The van der Waals surface area contributed by atoms with Crippen molar-refractivity contribution in [3.63, 3.8) is 0 Å². The highest BCUT2D eigenvalue weighted by atomic mass is 19.3. The van der Waals surface area contributed by atoms with E-state index in [1.165, 1.54) is 12.1 Å². The van der Waals surface area contributed by atoms with Gasteiger partial charge in [-0.05, 0) is 32.1 Å². The van der Waals surface area contributed by atoms with E-state index < -0.39 is 12.5 Å². The Hall–Kier alpha value is -1.00. The Bertz CT molecular complexity index is 395. The molecule has 4 heteroatoms. The van der Waals surface area contributed by atoms with Crippen LogP contribution in [0.5, 0.6) is 0 Å². The lowest BCUT2D eigenvalue weighted by molar-refractivity contribution is 0.0605. The molecule has 0 amide bonds. The molecule has 3 atom stereocenters. The topological polar surface area (TPSA) is 23.5 Å². The molecule has 0 heterocycles. The Morgan fingerprint density at radius 1 is 1.21 bits per heavy atom. The van der Waals surface area contributed by atoms with E-state index in [0.717, 1.165) is 5.56 Å². The molecule has 0 saturated heterocycles.